The van der Waals surface area contributed by atoms with Crippen LogP contribution in [0.2, 0.25) is 0 Å². The number of nitrogens with zero attached hydrogens (tertiary/aromatic N) is 8. The molecule has 7 rings (SSSR count). The number of nitrogens with one attached hydrogen (secondary N) is 2. The van der Waals surface area contributed by atoms with Gasteiger partial charge in [-0.1, -0.05) is 24.5 Å². The summed E-state index contributed by atoms with van der Waals surface area (Å²) in [6.45, 7) is -9.81. The first-order valence-electron chi connectivity index (χ1n) is 14.9. The first-order valence-corrected chi connectivity index (χ1v) is 20.3. The summed E-state index contributed by atoms with van der Waals surface area (Å²) in [5.74, 6) is 0.00358. The standard InChI is InChI=1S/C24H29F2N11O10P2S2/c1-28-2-3-41-24(38)35-19-15-21(32-7-30-19)37(9-34-15)23-13(26)17-11(45-23)5-43-48(39,50)46-16-10(4-42-49(40,51)47-17)44-22(12(16)25)36-8-33-14-18(27)29-6-31-20(14)36/h6-13,16-17,22-23,28H,2-5H2,1H3,(H,39,50)(H,40,51)(H2,27,29,31)(H,30,32,35,38)/t10-,11-,12-,13-,16-,17-,22-,23-,48-,49?/m1/s1. The fraction of sp³-hybridized carbons (Fsp3) is 0.542. The largest absolute Gasteiger partial charge is 0.448 e. The maximum absolute atomic E-state index is 16.3. The van der Waals surface area contributed by atoms with Gasteiger partial charge >= 0.3 is 19.7 Å². The molecule has 3 aliphatic heterocycles. The number of likely N-dealkylation sites (N-methyl/N-ethyl adjacent to an activating group) is 1. The van der Waals surface area contributed by atoms with E-state index in [4.69, 9.17) is 38.0 Å². The molecular formula is C24H29F2N11O10P2S2. The van der Waals surface area contributed by atoms with E-state index in [-0.39, 0.29) is 40.6 Å². The predicted molar refractivity (Wildman–Crippen MR) is 176 cm³/mol. The first kappa shape index (κ1) is 36.3. The van der Waals surface area contributed by atoms with E-state index in [1.807, 2.05) is 0 Å². The molecule has 3 saturated heterocycles. The van der Waals surface area contributed by atoms with E-state index in [0.717, 1.165) is 12.7 Å². The van der Waals surface area contributed by atoms with Gasteiger partial charge < -0.3 is 25.3 Å². The Kier molecular flexibility index (Phi) is 10.2. The lowest BCUT2D eigenvalue weighted by Gasteiger charge is -2.28. The number of hydrogen-bond acceptors (Lipinski definition) is 18. The molecule has 3 fully saturated rings. The lowest BCUT2D eigenvalue weighted by atomic mass is 10.1. The Hall–Kier alpha value is -3.09. The smallest absolute Gasteiger partial charge is 0.412 e. The number of carbonyl (C=O) groups excluding carboxylic acids is 1. The molecule has 1 amide bonds. The second-order valence-electron chi connectivity index (χ2n) is 11.2. The van der Waals surface area contributed by atoms with Crippen molar-refractivity contribution in [2.24, 2.45) is 0 Å². The van der Waals surface area contributed by atoms with Crippen molar-refractivity contribution in [3.8, 4) is 0 Å². The topological polar surface area (TPSA) is 253 Å². The number of rotatable bonds is 6. The predicted octanol–water partition coefficient (Wildman–Crippen LogP) is 2.38. The molecule has 3 aliphatic rings. The molecule has 1 unspecified atom stereocenters. The maximum Gasteiger partial charge on any atom is 0.412 e. The van der Waals surface area contributed by atoms with Crippen molar-refractivity contribution in [1.29, 1.82) is 0 Å². The number of halogens is 2. The van der Waals surface area contributed by atoms with Crippen molar-refractivity contribution < 1.29 is 55.0 Å². The van der Waals surface area contributed by atoms with Crippen molar-refractivity contribution >= 4 is 78.1 Å². The van der Waals surface area contributed by atoms with Crippen LogP contribution in [0, 0.1) is 0 Å². The fourth-order valence-electron chi connectivity index (χ4n) is 5.62. The fourth-order valence-corrected chi connectivity index (χ4v) is 8.59. The molecule has 4 N–H and O–H groups in total. The number of thiol groups is 2. The molecule has 4 aromatic heterocycles. The zero-order valence-electron chi connectivity index (χ0n) is 26.0. The van der Waals surface area contributed by atoms with Crippen LogP contribution in [0.1, 0.15) is 12.5 Å². The van der Waals surface area contributed by atoms with E-state index in [1.54, 1.807) is 7.05 Å². The molecule has 51 heavy (non-hydrogen) atoms. The van der Waals surface area contributed by atoms with Crippen molar-refractivity contribution in [2.45, 2.75) is 49.2 Å². The third-order valence-electron chi connectivity index (χ3n) is 7.95. The summed E-state index contributed by atoms with van der Waals surface area (Å²) in [6, 6.07) is 0. The molecule has 10 atom stereocenters. The second kappa shape index (κ2) is 14.4. The highest BCUT2D eigenvalue weighted by Crippen LogP contribution is 2.60. The van der Waals surface area contributed by atoms with Crippen LogP contribution in [-0.2, 0) is 41.4 Å². The van der Waals surface area contributed by atoms with E-state index in [0.29, 0.717) is 6.54 Å². The summed E-state index contributed by atoms with van der Waals surface area (Å²) in [4.78, 5) is 36.6. The highest BCUT2D eigenvalue weighted by atomic mass is 32.7. The van der Waals surface area contributed by atoms with Crippen LogP contribution in [0.25, 0.3) is 22.3 Å². The molecular weight excluding hydrogens is 766 g/mol. The number of fused-ring (bicyclic) bond motifs is 4. The van der Waals surface area contributed by atoms with Gasteiger partial charge in [-0.3, -0.25) is 32.5 Å². The zero-order chi connectivity index (χ0) is 36.1. The van der Waals surface area contributed by atoms with E-state index >= 15 is 8.78 Å². The van der Waals surface area contributed by atoms with Crippen LogP contribution >= 0.6 is 38.1 Å². The summed E-state index contributed by atoms with van der Waals surface area (Å²) in [5, 5.41) is 5.28. The normalized spacial score (nSPS) is 34.5. The monoisotopic (exact) mass is 795 g/mol. The number of nitrogen functional groups attached to an aromatic ring is 1. The van der Waals surface area contributed by atoms with Gasteiger partial charge in [-0.05, 0) is 7.05 Å². The average molecular weight is 796 g/mol. The number of carbonyl (C=O) groups is 1. The first-order chi connectivity index (χ1) is 24.4. The van der Waals surface area contributed by atoms with Gasteiger partial charge in [0.2, 0.25) is 0 Å². The van der Waals surface area contributed by atoms with Crippen molar-refractivity contribution in [3.63, 3.8) is 0 Å². The number of imidazole rings is 2. The van der Waals surface area contributed by atoms with Gasteiger partial charge in [0.15, 0.2) is 53.2 Å². The van der Waals surface area contributed by atoms with Crippen molar-refractivity contribution in [1.82, 2.24) is 44.4 Å². The molecule has 0 radical (unpaired) electrons. The Morgan fingerprint density at radius 2 is 1.43 bits per heavy atom. The van der Waals surface area contributed by atoms with Crippen LogP contribution in [0.3, 0.4) is 0 Å². The van der Waals surface area contributed by atoms with Gasteiger partial charge in [0.25, 0.3) is 0 Å². The van der Waals surface area contributed by atoms with Crippen molar-refractivity contribution in [2.75, 3.05) is 44.5 Å². The minimum Gasteiger partial charge on any atom is -0.448 e. The highest BCUT2D eigenvalue weighted by molar-refractivity contribution is 8.44. The molecule has 4 aromatic rings. The molecule has 0 spiro atoms. The number of amides is 1. The van der Waals surface area contributed by atoms with Gasteiger partial charge in [-0.15, -0.1) is 0 Å². The number of nitrogens with two attached hydrogens (primary N) is 1. The van der Waals surface area contributed by atoms with E-state index in [2.05, 4.69) is 65.0 Å². The summed E-state index contributed by atoms with van der Waals surface area (Å²) in [5.41, 5.74) is 6.24. The molecule has 276 valence electrons. The zero-order valence-corrected chi connectivity index (χ0v) is 29.6. The van der Waals surface area contributed by atoms with Gasteiger partial charge in [0.1, 0.15) is 49.2 Å². The summed E-state index contributed by atoms with van der Waals surface area (Å²) < 4.78 is 100. The lowest BCUT2D eigenvalue weighted by Crippen LogP contribution is -2.36. The average Bonchev–Trinajstić information content (AvgIpc) is 3.85. The minimum absolute atomic E-state index is 0.0308. The Morgan fingerprint density at radius 1 is 0.902 bits per heavy atom. The van der Waals surface area contributed by atoms with Crippen LogP contribution in [-0.4, -0.2) is 115 Å². The summed E-state index contributed by atoms with van der Waals surface area (Å²) >= 11 is 8.03. The van der Waals surface area contributed by atoms with Crippen LogP contribution in [0.4, 0.5) is 25.2 Å². The van der Waals surface area contributed by atoms with Gasteiger partial charge in [0, 0.05) is 6.54 Å². The second-order valence-corrected chi connectivity index (χ2v) is 16.9. The molecule has 0 bridgehead atoms. The molecule has 7 heterocycles. The Balaban J connectivity index is 1.11. The van der Waals surface area contributed by atoms with Crippen molar-refractivity contribution in [3.05, 3.63) is 25.3 Å². The van der Waals surface area contributed by atoms with Crippen LogP contribution in [0.5, 0.6) is 0 Å². The van der Waals surface area contributed by atoms with Gasteiger partial charge in [0.05, 0.1) is 25.9 Å². The number of alkyl halides is 2. The van der Waals surface area contributed by atoms with E-state index in [9.17, 15) is 13.9 Å². The lowest BCUT2D eigenvalue weighted by molar-refractivity contribution is -0.0544. The highest BCUT2D eigenvalue weighted by Gasteiger charge is 2.54. The third-order valence-corrected chi connectivity index (χ3v) is 11.2. The number of ether oxygens (including phenoxy) is 3. The number of aromatic nitrogens is 8. The quantitative estimate of drug-likeness (QED) is 0.107. The number of anilines is 2. The Bertz CT molecular complexity index is 2030. The van der Waals surface area contributed by atoms with Crippen LogP contribution < -0.4 is 16.4 Å². The molecule has 27 heteroatoms. The third kappa shape index (κ3) is 7.29. The molecule has 0 aliphatic carbocycles. The maximum atomic E-state index is 16.3. The van der Waals surface area contributed by atoms with Gasteiger partial charge in [-0.2, -0.15) is 0 Å². The van der Waals surface area contributed by atoms with E-state index < -0.39 is 82.1 Å². The molecule has 21 nitrogen and oxygen atoms in total. The van der Waals surface area contributed by atoms with E-state index in [1.165, 1.54) is 21.8 Å². The minimum atomic E-state index is -4.46. The number of hydrogen-bond donors (Lipinski definition) is 5. The van der Waals surface area contributed by atoms with Crippen LogP contribution in [0.15, 0.2) is 25.3 Å². The van der Waals surface area contributed by atoms with Gasteiger partial charge in [-0.25, -0.2) is 52.6 Å². The Morgan fingerprint density at radius 3 is 2.00 bits per heavy atom. The summed E-state index contributed by atoms with van der Waals surface area (Å²) in [7, 11) is 1.69. The summed E-state index contributed by atoms with van der Waals surface area (Å²) in [6.07, 6.45) is -9.53. The Labute approximate surface area is 296 Å². The SMILES string of the molecule is CNCCOC(=O)Nc1ncnc2c1ncn2[C@@H]1O[C@@H]2CO[P@@](=O)(S)O[C@H]3[C@@H](F)[C@H](n4cnc5c(N)ncnc54)O[C@@H]3COP(=O)(S)O[C@H]2[C@H]1F. The molecule has 0 aromatic carbocycles. The molecule has 0 saturated carbocycles.